The minimum Gasteiger partial charge on any atom is -0.488 e. The number of amides is 4. The first kappa shape index (κ1) is 30.4. The van der Waals surface area contributed by atoms with Crippen LogP contribution in [-0.4, -0.2) is 76.9 Å². The predicted molar refractivity (Wildman–Crippen MR) is 134 cm³/mol. The molecule has 0 aromatic heterocycles. The molecule has 41 heavy (non-hydrogen) atoms. The smallest absolute Gasteiger partial charge is 0.471 e. The predicted octanol–water partition coefficient (Wildman–Crippen LogP) is 1.63. The van der Waals surface area contributed by atoms with E-state index < -0.39 is 70.7 Å². The highest BCUT2D eigenvalue weighted by Gasteiger charge is 2.72. The van der Waals surface area contributed by atoms with Gasteiger partial charge < -0.3 is 25.6 Å². The van der Waals surface area contributed by atoms with Crippen LogP contribution in [0.15, 0.2) is 24.3 Å². The van der Waals surface area contributed by atoms with Gasteiger partial charge in [0.05, 0.1) is 10.9 Å². The Morgan fingerprint density at radius 3 is 2.49 bits per heavy atom. The number of alkyl halides is 4. The molecule has 0 radical (unpaired) electrons. The molecule has 3 fully saturated rings. The second kappa shape index (κ2) is 11.3. The van der Waals surface area contributed by atoms with Crippen molar-refractivity contribution >= 4 is 35.2 Å². The molecule has 0 bridgehead atoms. The van der Waals surface area contributed by atoms with Crippen LogP contribution in [0.25, 0.3) is 0 Å². The van der Waals surface area contributed by atoms with Gasteiger partial charge >= 0.3 is 12.1 Å². The maximum absolute atomic E-state index is 13.7. The van der Waals surface area contributed by atoms with Gasteiger partial charge in [-0.1, -0.05) is 0 Å². The van der Waals surface area contributed by atoms with Crippen LogP contribution >= 0.6 is 11.6 Å². The highest BCUT2D eigenvalue weighted by Crippen LogP contribution is 2.62. The molecule has 1 saturated carbocycles. The van der Waals surface area contributed by atoms with E-state index in [1.807, 2.05) is 6.07 Å². The molecule has 8 atom stereocenters. The normalized spacial score (nSPS) is 28.9. The molecule has 2 heterocycles. The quantitative estimate of drug-likeness (QED) is 0.290. The number of carbonyl (C=O) groups is 4. The third-order valence-electron chi connectivity index (χ3n) is 7.89. The van der Waals surface area contributed by atoms with E-state index in [0.717, 1.165) is 17.0 Å². The van der Waals surface area contributed by atoms with Crippen LogP contribution in [0.5, 0.6) is 5.75 Å². The van der Waals surface area contributed by atoms with Crippen molar-refractivity contribution in [2.24, 2.45) is 17.8 Å². The number of halogens is 5. The molecule has 3 aliphatic rings. The maximum atomic E-state index is 13.7. The lowest BCUT2D eigenvalue weighted by Crippen LogP contribution is -2.61. The number of nitrogens with zero attached hydrogens (tertiary/aromatic N) is 2. The van der Waals surface area contributed by atoms with Crippen molar-refractivity contribution in [1.29, 1.82) is 5.26 Å². The molecule has 2 saturated heterocycles. The second-order valence-electron chi connectivity index (χ2n) is 10.6. The minimum absolute atomic E-state index is 0.0256. The van der Waals surface area contributed by atoms with E-state index in [-0.39, 0.29) is 30.5 Å². The number of benzene rings is 1. The standard InChI is InChI=1S/C26H28ClF4N5O5/c1-12(41-16-5-3-14(28)4-6-16)19(35-24(40)26(29,30)31)23(39)36-11-17-18(25(17,2)27)20(36)22(38)34-15(10-32)9-13-7-8-33-21(13)37/h3-6,12-13,15,17-20H,7-9,11H2,1-2H3,(H,33,37)(H,34,38)(H,35,40)/t12-,13+,15+,17+,18+,19+,20+,25?/m1/s1. The Hall–Kier alpha value is -3.60. The van der Waals surface area contributed by atoms with E-state index in [1.165, 1.54) is 19.1 Å². The van der Waals surface area contributed by atoms with Crippen LogP contribution < -0.4 is 20.7 Å². The van der Waals surface area contributed by atoms with Crippen LogP contribution in [0.4, 0.5) is 17.6 Å². The molecule has 1 unspecified atom stereocenters. The number of nitrogens with one attached hydrogen (secondary N) is 3. The second-order valence-corrected chi connectivity index (χ2v) is 11.5. The number of hydrogen-bond acceptors (Lipinski definition) is 6. The maximum Gasteiger partial charge on any atom is 0.471 e. The topological polar surface area (TPSA) is 141 Å². The van der Waals surface area contributed by atoms with E-state index in [1.54, 1.807) is 12.2 Å². The van der Waals surface area contributed by atoms with E-state index in [4.69, 9.17) is 16.3 Å². The average Bonchev–Trinajstić information content (AvgIpc) is 3.25. The highest BCUT2D eigenvalue weighted by molar-refractivity contribution is 6.27. The number of hydrogen-bond donors (Lipinski definition) is 3. The molecule has 4 amide bonds. The van der Waals surface area contributed by atoms with Crippen LogP contribution in [0.2, 0.25) is 0 Å². The van der Waals surface area contributed by atoms with Crippen molar-refractivity contribution in [3.63, 3.8) is 0 Å². The molecule has 3 N–H and O–H groups in total. The van der Waals surface area contributed by atoms with Crippen molar-refractivity contribution < 1.29 is 41.5 Å². The van der Waals surface area contributed by atoms with Crippen molar-refractivity contribution in [2.75, 3.05) is 13.1 Å². The zero-order chi connectivity index (χ0) is 30.3. The summed E-state index contributed by atoms with van der Waals surface area (Å²) in [5, 5.41) is 16.5. The van der Waals surface area contributed by atoms with Crippen LogP contribution in [-0.2, 0) is 19.2 Å². The Morgan fingerprint density at radius 1 is 1.27 bits per heavy atom. The first-order valence-electron chi connectivity index (χ1n) is 12.9. The number of likely N-dealkylation sites (tertiary alicyclic amines) is 1. The molecule has 4 rings (SSSR count). The van der Waals surface area contributed by atoms with Gasteiger partial charge in [0.25, 0.3) is 0 Å². The molecule has 1 aromatic rings. The van der Waals surface area contributed by atoms with E-state index in [2.05, 4.69) is 10.6 Å². The number of ether oxygens (including phenoxy) is 1. The molecule has 1 aromatic carbocycles. The van der Waals surface area contributed by atoms with Gasteiger partial charge in [0.2, 0.25) is 17.7 Å². The number of rotatable bonds is 9. The minimum atomic E-state index is -5.32. The Bertz CT molecular complexity index is 1250. The lowest BCUT2D eigenvalue weighted by molar-refractivity contribution is -0.176. The van der Waals surface area contributed by atoms with Gasteiger partial charge in [0, 0.05) is 30.8 Å². The Kier molecular flexibility index (Phi) is 8.40. The number of fused-ring (bicyclic) bond motifs is 1. The highest BCUT2D eigenvalue weighted by atomic mass is 35.5. The first-order valence-corrected chi connectivity index (χ1v) is 13.3. The van der Waals surface area contributed by atoms with Gasteiger partial charge in [0.1, 0.15) is 35.8 Å². The van der Waals surface area contributed by atoms with Crippen LogP contribution in [0.3, 0.4) is 0 Å². The summed E-state index contributed by atoms with van der Waals surface area (Å²) in [6.45, 7) is 3.27. The molecule has 10 nitrogen and oxygen atoms in total. The molecule has 0 spiro atoms. The number of carbonyl (C=O) groups excluding carboxylic acids is 4. The largest absolute Gasteiger partial charge is 0.488 e. The van der Waals surface area contributed by atoms with Crippen molar-refractivity contribution in [1.82, 2.24) is 20.9 Å². The van der Waals surface area contributed by atoms with E-state index in [0.29, 0.717) is 13.0 Å². The lowest BCUT2D eigenvalue weighted by atomic mass is 9.98. The summed E-state index contributed by atoms with van der Waals surface area (Å²) in [5.74, 6) is -6.43. The summed E-state index contributed by atoms with van der Waals surface area (Å²) in [5.41, 5.74) is 0. The fraction of sp³-hybridized carbons (Fsp3) is 0.577. The Balaban J connectivity index is 1.56. The summed E-state index contributed by atoms with van der Waals surface area (Å²) < 4.78 is 58.4. The van der Waals surface area contributed by atoms with Gasteiger partial charge in [-0.3, -0.25) is 19.2 Å². The molecular formula is C26H28ClF4N5O5. The third-order valence-corrected chi connectivity index (χ3v) is 8.42. The number of nitriles is 1. The summed E-state index contributed by atoms with van der Waals surface area (Å²) in [4.78, 5) is 51.2. The monoisotopic (exact) mass is 601 g/mol. The van der Waals surface area contributed by atoms with Gasteiger partial charge in [-0.25, -0.2) is 4.39 Å². The molecule has 222 valence electrons. The molecular weight excluding hydrogens is 574 g/mol. The summed E-state index contributed by atoms with van der Waals surface area (Å²) in [6, 6.07) is 2.20. The van der Waals surface area contributed by atoms with Gasteiger partial charge in [-0.15, -0.1) is 11.6 Å². The molecule has 2 aliphatic heterocycles. The zero-order valence-electron chi connectivity index (χ0n) is 22.0. The zero-order valence-corrected chi connectivity index (χ0v) is 22.8. The number of piperidine rings is 1. The fourth-order valence-electron chi connectivity index (χ4n) is 5.61. The summed E-state index contributed by atoms with van der Waals surface area (Å²) in [6.07, 6.45) is -6.18. The third kappa shape index (κ3) is 6.34. The van der Waals surface area contributed by atoms with Crippen molar-refractivity contribution in [3.8, 4) is 11.8 Å². The van der Waals surface area contributed by atoms with Crippen LogP contribution in [0, 0.1) is 34.9 Å². The summed E-state index contributed by atoms with van der Waals surface area (Å²) >= 11 is 6.54. The lowest BCUT2D eigenvalue weighted by Gasteiger charge is -2.35. The molecule has 15 heteroatoms. The Morgan fingerprint density at radius 2 is 1.93 bits per heavy atom. The fourth-order valence-corrected chi connectivity index (χ4v) is 6.02. The van der Waals surface area contributed by atoms with Gasteiger partial charge in [-0.2, -0.15) is 18.4 Å². The van der Waals surface area contributed by atoms with Crippen LogP contribution in [0.1, 0.15) is 26.7 Å². The van der Waals surface area contributed by atoms with E-state index in [9.17, 15) is 42.0 Å². The first-order chi connectivity index (χ1) is 19.1. The van der Waals surface area contributed by atoms with Gasteiger partial charge in [-0.05, 0) is 51.0 Å². The Labute approximate surface area is 237 Å². The van der Waals surface area contributed by atoms with Crippen molar-refractivity contribution in [3.05, 3.63) is 30.1 Å². The summed E-state index contributed by atoms with van der Waals surface area (Å²) in [7, 11) is 0. The van der Waals surface area contributed by atoms with Gasteiger partial charge in [0.15, 0.2) is 0 Å². The van der Waals surface area contributed by atoms with E-state index >= 15 is 0 Å². The average molecular weight is 602 g/mol. The molecule has 1 aliphatic carbocycles. The van der Waals surface area contributed by atoms with Crippen molar-refractivity contribution in [2.45, 2.75) is 62.0 Å². The SMILES string of the molecule is C[C@@H](Oc1ccc(F)cc1)[C@H](NC(=O)C(F)(F)F)C(=O)N1C[C@H]2[C@@H]([C@H]1C(=O)N[C@H](C#N)C[C@@H]1CCNC1=O)C2(C)Cl.